The molecule has 0 saturated heterocycles. The summed E-state index contributed by atoms with van der Waals surface area (Å²) in [6.45, 7) is 2.08. The summed E-state index contributed by atoms with van der Waals surface area (Å²) in [4.78, 5) is 3.49. The van der Waals surface area contributed by atoms with E-state index in [1.807, 2.05) is 36.0 Å². The molecule has 3 aromatic carbocycles. The van der Waals surface area contributed by atoms with Crippen LogP contribution in [-0.4, -0.2) is 11.2 Å². The Morgan fingerprint density at radius 1 is 1.04 bits per heavy atom. The number of aromatic nitrogens is 1. The first-order valence-corrected chi connectivity index (χ1v) is 10.9. The van der Waals surface area contributed by atoms with Gasteiger partial charge in [0.15, 0.2) is 0 Å². The Labute approximate surface area is 173 Å². The Morgan fingerprint density at radius 3 is 2.54 bits per heavy atom. The van der Waals surface area contributed by atoms with Gasteiger partial charge in [-0.05, 0) is 65.3 Å². The summed E-state index contributed by atoms with van der Waals surface area (Å²) in [5, 5.41) is 1.93. The maximum absolute atomic E-state index is 13.6. The second kappa shape index (κ2) is 8.02. The predicted molar refractivity (Wildman–Crippen MR) is 119 cm³/mol. The van der Waals surface area contributed by atoms with E-state index in [1.165, 1.54) is 39.7 Å². The summed E-state index contributed by atoms with van der Waals surface area (Å²) in [5.41, 5.74) is 7.01. The SMILES string of the molecule is CSCc1cccc2c(C(c3ccc(F)cc3)c3ccc(Cl)cc3C)c[nH]c12. The summed E-state index contributed by atoms with van der Waals surface area (Å²) in [7, 11) is 0. The Kier molecular flexibility index (Phi) is 5.47. The van der Waals surface area contributed by atoms with E-state index >= 15 is 0 Å². The molecule has 0 aliphatic carbocycles. The molecule has 1 heterocycles. The van der Waals surface area contributed by atoms with Crippen LogP contribution in [0.25, 0.3) is 10.9 Å². The van der Waals surface area contributed by atoms with E-state index in [2.05, 4.69) is 48.6 Å². The monoisotopic (exact) mass is 409 g/mol. The Hall–Kier alpha value is -2.23. The van der Waals surface area contributed by atoms with Crippen molar-refractivity contribution < 1.29 is 4.39 Å². The van der Waals surface area contributed by atoms with Crippen LogP contribution in [0.3, 0.4) is 0 Å². The smallest absolute Gasteiger partial charge is 0.123 e. The fraction of sp³-hybridized carbons (Fsp3) is 0.167. The van der Waals surface area contributed by atoms with Gasteiger partial charge < -0.3 is 4.98 Å². The van der Waals surface area contributed by atoms with Crippen LogP contribution in [0.1, 0.15) is 33.7 Å². The average Bonchev–Trinajstić information content (AvgIpc) is 3.10. The third-order valence-corrected chi connectivity index (χ3v) is 6.03. The van der Waals surface area contributed by atoms with Crippen molar-refractivity contribution in [1.82, 2.24) is 4.98 Å². The zero-order chi connectivity index (χ0) is 19.7. The molecule has 0 aliphatic rings. The summed E-state index contributed by atoms with van der Waals surface area (Å²) < 4.78 is 13.6. The van der Waals surface area contributed by atoms with E-state index in [9.17, 15) is 4.39 Å². The normalized spacial score (nSPS) is 12.4. The van der Waals surface area contributed by atoms with Gasteiger partial charge in [0.2, 0.25) is 0 Å². The van der Waals surface area contributed by atoms with Gasteiger partial charge in [0, 0.05) is 33.8 Å². The molecule has 4 rings (SSSR count). The number of aromatic amines is 1. The van der Waals surface area contributed by atoms with Crippen LogP contribution in [-0.2, 0) is 5.75 Å². The second-order valence-corrected chi connectivity index (χ2v) is 8.30. The van der Waals surface area contributed by atoms with Crippen molar-refractivity contribution in [1.29, 1.82) is 0 Å². The minimum absolute atomic E-state index is 0.00357. The van der Waals surface area contributed by atoms with Crippen molar-refractivity contribution in [3.63, 3.8) is 0 Å². The lowest BCUT2D eigenvalue weighted by molar-refractivity contribution is 0.627. The van der Waals surface area contributed by atoms with Gasteiger partial charge in [-0.15, -0.1) is 0 Å². The topological polar surface area (TPSA) is 15.8 Å². The number of para-hydroxylation sites is 1. The van der Waals surface area contributed by atoms with Crippen LogP contribution in [0.15, 0.2) is 66.9 Å². The van der Waals surface area contributed by atoms with Crippen molar-refractivity contribution in [2.45, 2.75) is 18.6 Å². The van der Waals surface area contributed by atoms with E-state index in [-0.39, 0.29) is 11.7 Å². The fourth-order valence-electron chi connectivity index (χ4n) is 3.90. The third-order valence-electron chi connectivity index (χ3n) is 5.19. The van der Waals surface area contributed by atoms with E-state index < -0.39 is 0 Å². The molecule has 0 fully saturated rings. The molecule has 1 unspecified atom stereocenters. The van der Waals surface area contributed by atoms with Gasteiger partial charge in [0.25, 0.3) is 0 Å². The summed E-state index contributed by atoms with van der Waals surface area (Å²) >= 11 is 8.02. The molecule has 0 amide bonds. The van der Waals surface area contributed by atoms with Crippen LogP contribution in [0.4, 0.5) is 4.39 Å². The highest BCUT2D eigenvalue weighted by Gasteiger charge is 2.22. The maximum Gasteiger partial charge on any atom is 0.123 e. The van der Waals surface area contributed by atoms with Gasteiger partial charge in [0.05, 0.1) is 0 Å². The molecule has 0 spiro atoms. The highest BCUT2D eigenvalue weighted by atomic mass is 35.5. The quantitative estimate of drug-likeness (QED) is 0.365. The molecule has 4 heteroatoms. The molecule has 0 saturated carbocycles. The summed E-state index contributed by atoms with van der Waals surface area (Å²) in [6, 6.07) is 19.2. The predicted octanol–water partition coefficient (Wildman–Crippen LogP) is 7.31. The van der Waals surface area contributed by atoms with E-state index in [4.69, 9.17) is 11.6 Å². The van der Waals surface area contributed by atoms with Crippen molar-refractivity contribution >= 4 is 34.3 Å². The molecule has 28 heavy (non-hydrogen) atoms. The molecule has 0 radical (unpaired) electrons. The number of hydrogen-bond donors (Lipinski definition) is 1. The number of thioether (sulfide) groups is 1. The molecule has 1 aromatic heterocycles. The van der Waals surface area contributed by atoms with Gasteiger partial charge in [-0.2, -0.15) is 11.8 Å². The molecule has 142 valence electrons. The van der Waals surface area contributed by atoms with E-state index in [1.54, 1.807) is 0 Å². The van der Waals surface area contributed by atoms with Crippen molar-refractivity contribution in [2.75, 3.05) is 6.26 Å². The fourth-order valence-corrected chi connectivity index (χ4v) is 4.68. The number of nitrogens with one attached hydrogen (secondary N) is 1. The second-order valence-electron chi connectivity index (χ2n) is 7.00. The first-order chi connectivity index (χ1) is 13.6. The van der Waals surface area contributed by atoms with Crippen molar-refractivity contribution in [3.8, 4) is 0 Å². The van der Waals surface area contributed by atoms with Crippen LogP contribution in [0.5, 0.6) is 0 Å². The highest BCUT2D eigenvalue weighted by Crippen LogP contribution is 2.39. The maximum atomic E-state index is 13.6. The highest BCUT2D eigenvalue weighted by molar-refractivity contribution is 7.97. The Balaban J connectivity index is 1.95. The molecule has 4 aromatic rings. The first-order valence-electron chi connectivity index (χ1n) is 9.18. The number of aryl methyl sites for hydroxylation is 1. The van der Waals surface area contributed by atoms with Gasteiger partial charge >= 0.3 is 0 Å². The first kappa shape index (κ1) is 19.1. The summed E-state index contributed by atoms with van der Waals surface area (Å²) in [5.74, 6) is 0.728. The van der Waals surface area contributed by atoms with Crippen molar-refractivity contribution in [3.05, 3.63) is 106 Å². The lowest BCUT2D eigenvalue weighted by Crippen LogP contribution is -2.05. The average molecular weight is 410 g/mol. The number of rotatable bonds is 5. The van der Waals surface area contributed by atoms with Gasteiger partial charge in [-0.3, -0.25) is 0 Å². The molecular weight excluding hydrogens is 389 g/mol. The van der Waals surface area contributed by atoms with Gasteiger partial charge in [0.1, 0.15) is 5.82 Å². The lowest BCUT2D eigenvalue weighted by atomic mass is 9.83. The molecular formula is C24H21ClFNS. The number of fused-ring (bicyclic) bond motifs is 1. The molecule has 0 aliphatic heterocycles. The van der Waals surface area contributed by atoms with E-state index in [0.29, 0.717) is 0 Å². The van der Waals surface area contributed by atoms with Gasteiger partial charge in [-0.1, -0.05) is 48.0 Å². The van der Waals surface area contributed by atoms with Crippen LogP contribution in [0.2, 0.25) is 5.02 Å². The molecule has 1 nitrogen and oxygen atoms in total. The van der Waals surface area contributed by atoms with Gasteiger partial charge in [-0.25, -0.2) is 4.39 Å². The van der Waals surface area contributed by atoms with Crippen LogP contribution < -0.4 is 0 Å². The van der Waals surface area contributed by atoms with Crippen molar-refractivity contribution in [2.24, 2.45) is 0 Å². The van der Waals surface area contributed by atoms with E-state index in [0.717, 1.165) is 21.9 Å². The third kappa shape index (κ3) is 3.57. The minimum Gasteiger partial charge on any atom is -0.361 e. The largest absolute Gasteiger partial charge is 0.361 e. The molecule has 0 bridgehead atoms. The number of hydrogen-bond acceptors (Lipinski definition) is 1. The molecule has 1 atom stereocenters. The molecule has 1 N–H and O–H groups in total. The lowest BCUT2D eigenvalue weighted by Gasteiger charge is -2.20. The standard InChI is InChI=1S/C24H21ClFNS/c1-15-12-18(25)8-11-20(15)23(16-6-9-19(26)10-7-16)22-13-27-24-17(14-28-2)4-3-5-21(22)24/h3-13,23,27H,14H2,1-2H3. The minimum atomic E-state index is -0.225. The Morgan fingerprint density at radius 2 is 1.82 bits per heavy atom. The van der Waals surface area contributed by atoms with Crippen LogP contribution >= 0.6 is 23.4 Å². The Bertz CT molecular complexity index is 1120. The number of benzene rings is 3. The van der Waals surface area contributed by atoms with Crippen LogP contribution in [0, 0.1) is 12.7 Å². The number of halogens is 2. The zero-order valence-corrected chi connectivity index (χ0v) is 17.4. The summed E-state index contributed by atoms with van der Waals surface area (Å²) in [6.07, 6.45) is 4.21. The zero-order valence-electron chi connectivity index (χ0n) is 15.8. The number of H-pyrrole nitrogens is 1.